The lowest BCUT2D eigenvalue weighted by molar-refractivity contribution is -0.317. The molecule has 2 amide bonds. The summed E-state index contributed by atoms with van der Waals surface area (Å²) in [4.78, 5) is 107. The third kappa shape index (κ3) is 22.7. The number of thioether (sulfide) groups is 1. The summed E-state index contributed by atoms with van der Waals surface area (Å²) in [6, 6.07) is 12.2. The Morgan fingerprint density at radius 3 is 1.42 bits per heavy atom. The molecule has 3 aliphatic heterocycles. The van der Waals surface area contributed by atoms with Crippen molar-refractivity contribution in [2.24, 2.45) is 5.11 Å². The van der Waals surface area contributed by atoms with E-state index < -0.39 is 180 Å². The van der Waals surface area contributed by atoms with Crippen molar-refractivity contribution in [2.45, 2.75) is 152 Å². The van der Waals surface area contributed by atoms with Crippen molar-refractivity contribution in [3.8, 4) is 0 Å². The summed E-state index contributed by atoms with van der Waals surface area (Å²) in [6.45, 7) is 2.32. The molecule has 0 saturated carbocycles. The number of halogens is 6. The van der Waals surface area contributed by atoms with Gasteiger partial charge in [-0.05, 0) is 23.2 Å². The smallest absolute Gasteiger partial charge is 0.407 e. The molecule has 3 saturated heterocycles. The Kier molecular flexibility index (Phi) is 26.9. The molecule has 2 N–H and O–H groups in total. The van der Waals surface area contributed by atoms with E-state index in [0.29, 0.717) is 10.5 Å². The molecule has 2 aromatic carbocycles. The lowest BCUT2D eigenvalue weighted by Gasteiger charge is -2.50. The van der Waals surface area contributed by atoms with Crippen LogP contribution >= 0.6 is 81.4 Å². The zero-order valence-corrected chi connectivity index (χ0v) is 50.0. The van der Waals surface area contributed by atoms with E-state index in [1.54, 1.807) is 60.7 Å². The highest BCUT2D eigenvalue weighted by Crippen LogP contribution is 2.41. The molecule has 3 fully saturated rings. The highest BCUT2D eigenvalue weighted by molar-refractivity contribution is 7.99. The molecule has 0 aromatic heterocycles. The summed E-state index contributed by atoms with van der Waals surface area (Å²) in [7, 11) is 0. The van der Waals surface area contributed by atoms with Gasteiger partial charge in [0.2, 0.25) is 7.59 Å². The van der Waals surface area contributed by atoms with Crippen molar-refractivity contribution in [3.63, 3.8) is 0 Å². The Morgan fingerprint density at radius 2 is 0.976 bits per heavy atom. The Morgan fingerprint density at radius 1 is 0.542 bits per heavy atom. The van der Waals surface area contributed by atoms with E-state index in [0.717, 1.165) is 53.3 Å². The van der Waals surface area contributed by atoms with Gasteiger partial charge in [-0.1, -0.05) is 135 Å². The number of carbonyl (C=O) groups excluding carboxylic acids is 8. The first kappa shape index (κ1) is 68.7. The monoisotopic (exact) mass is 1310 g/mol. The van der Waals surface area contributed by atoms with Crippen molar-refractivity contribution in [1.29, 1.82) is 0 Å². The summed E-state index contributed by atoms with van der Waals surface area (Å²) < 4.78 is 78.8. The van der Waals surface area contributed by atoms with E-state index >= 15 is 0 Å². The minimum atomic E-state index is -2.14. The third-order valence-corrected chi connectivity index (χ3v) is 13.3. The molecule has 27 nitrogen and oxygen atoms in total. The van der Waals surface area contributed by atoms with Crippen molar-refractivity contribution in [3.05, 3.63) is 76.7 Å². The number of rotatable bonds is 23. The lowest BCUT2D eigenvalue weighted by Crippen LogP contribution is -2.69. The van der Waals surface area contributed by atoms with Crippen LogP contribution in [-0.4, -0.2) is 180 Å². The molecule has 0 aliphatic carbocycles. The van der Waals surface area contributed by atoms with Gasteiger partial charge in [-0.2, -0.15) is 0 Å². The maximum Gasteiger partial charge on any atom is 0.407 e. The zero-order chi connectivity index (χ0) is 61.2. The molecule has 0 spiro atoms. The SMILES string of the molecule is CC(=O)OC[C@H]1O[C@@H](OC[C@H]2O[C@@H](Sc3ccccc3)[C@H](N=[N+]=[N-])[C@@H](O[C@@H]3O[C@H](COC(C)=O)[C@@H](OC(C)=O)[C@H](OC(C)=O)[C@H]3NC(=O)OCC(Cl)(Cl)Cl)[C@H]2OCc2ccccc2)[C@H](NC(=O)OCC(Cl)(Cl)Cl)[C@@H](OC(C)=O)[C@@H]1OC(C)=O. The van der Waals surface area contributed by atoms with E-state index in [4.69, 9.17) is 136 Å². The summed E-state index contributed by atoms with van der Waals surface area (Å²) in [6.07, 6.45) is -20.9. The number of carbonyl (C=O) groups is 8. The number of hydrogen-bond donors (Lipinski definition) is 2. The molecule has 458 valence electrons. The Balaban J connectivity index is 1.72. The summed E-state index contributed by atoms with van der Waals surface area (Å²) in [5, 5.41) is 9.06. The van der Waals surface area contributed by atoms with E-state index in [9.17, 15) is 43.9 Å². The van der Waals surface area contributed by atoms with Crippen LogP contribution in [0.25, 0.3) is 10.4 Å². The molecule has 3 heterocycles. The van der Waals surface area contributed by atoms with Crippen LogP contribution in [0.1, 0.15) is 47.1 Å². The first-order valence-electron chi connectivity index (χ1n) is 24.7. The zero-order valence-electron chi connectivity index (χ0n) is 44.7. The standard InChI is InChI=1S/C49H57Cl6N5O22S/c1-23(61)69-18-32-38(75-25(3)63)40(77-27(5)65)34(57-46(67)73-21-48(50,51)52)43(79-32)72-20-31-37(71-17-29-13-9-7-10-14-29)42(36(59-60-56)45(81-31)83-30-15-11-8-12-16-30)82-44-35(58-47(68)74-22-49(53,54)55)41(78-28(6)66)39(76-26(4)64)33(80-44)19-70-24(2)62/h7-16,31-45H,17-22H2,1-6H3,(H,57,67)(H,58,68)/t31-,32-,33-,34-,35-,36-,37+,38-,39-,40-,41-,42-,43-,44+,45+/m1/s1. The fourth-order valence-corrected chi connectivity index (χ4v) is 9.88. The van der Waals surface area contributed by atoms with Gasteiger partial charge >= 0.3 is 48.0 Å². The highest BCUT2D eigenvalue weighted by atomic mass is 35.6. The maximum absolute atomic E-state index is 13.7. The van der Waals surface area contributed by atoms with Crippen LogP contribution in [0.4, 0.5) is 9.59 Å². The van der Waals surface area contributed by atoms with Gasteiger partial charge in [0.1, 0.15) is 80.5 Å². The number of azide groups is 1. The minimum Gasteiger partial charge on any atom is -0.463 e. The van der Waals surface area contributed by atoms with Crippen LogP contribution in [0.3, 0.4) is 0 Å². The summed E-state index contributed by atoms with van der Waals surface area (Å²) >= 11 is 36.3. The average molecular weight is 1310 g/mol. The average Bonchev–Trinajstić information content (AvgIpc) is 2.30. The number of nitrogens with zero attached hydrogens (tertiary/aromatic N) is 3. The fourth-order valence-electron chi connectivity index (χ4n) is 8.43. The topological polar surface area (TPSA) is 339 Å². The number of alkyl carbamates (subject to hydrolysis) is 2. The lowest BCUT2D eigenvalue weighted by atomic mass is 9.94. The Bertz CT molecular complexity index is 2590. The fraction of sp³-hybridized carbons (Fsp3) is 0.592. The number of hydrogen-bond acceptors (Lipinski definition) is 24. The molecule has 0 radical (unpaired) electrons. The second-order valence-corrected chi connectivity index (χ2v) is 24.3. The summed E-state index contributed by atoms with van der Waals surface area (Å²) in [5.41, 5.74) is 9.59. The van der Waals surface area contributed by atoms with Crippen molar-refractivity contribution < 1.29 is 105 Å². The number of alkyl halides is 6. The normalized spacial score (nSPS) is 27.9. The molecule has 0 unspecified atom stereocenters. The highest BCUT2D eigenvalue weighted by Gasteiger charge is 2.57. The number of ether oxygens (including phenoxy) is 14. The number of amides is 2. The maximum atomic E-state index is 13.7. The predicted octanol–water partition coefficient (Wildman–Crippen LogP) is 6.40. The number of benzene rings is 2. The molecule has 2 aromatic rings. The van der Waals surface area contributed by atoms with Crippen LogP contribution in [0.15, 0.2) is 70.7 Å². The van der Waals surface area contributed by atoms with Gasteiger partial charge in [0.25, 0.3) is 0 Å². The van der Waals surface area contributed by atoms with Crippen molar-refractivity contribution >= 4 is 129 Å². The second-order valence-electron chi connectivity index (χ2n) is 18.1. The van der Waals surface area contributed by atoms with Gasteiger partial charge in [0, 0.05) is 51.3 Å². The predicted molar refractivity (Wildman–Crippen MR) is 290 cm³/mol. The summed E-state index contributed by atoms with van der Waals surface area (Å²) in [5.74, 6) is -5.44. The third-order valence-electron chi connectivity index (χ3n) is 11.5. The van der Waals surface area contributed by atoms with Gasteiger partial charge in [0.15, 0.2) is 37.0 Å². The van der Waals surface area contributed by atoms with E-state index in [1.807, 2.05) is 0 Å². The van der Waals surface area contributed by atoms with Gasteiger partial charge in [0.05, 0.1) is 13.2 Å². The van der Waals surface area contributed by atoms with Crippen LogP contribution < -0.4 is 10.6 Å². The quantitative estimate of drug-likeness (QED) is 0.0303. The number of nitrogens with one attached hydrogen (secondary N) is 2. The first-order valence-corrected chi connectivity index (χ1v) is 27.9. The van der Waals surface area contributed by atoms with E-state index in [1.165, 1.54) is 0 Å². The van der Waals surface area contributed by atoms with Crippen molar-refractivity contribution in [2.75, 3.05) is 33.0 Å². The first-order chi connectivity index (χ1) is 39.1. The Labute approximate surface area is 508 Å². The van der Waals surface area contributed by atoms with E-state index in [2.05, 4.69) is 20.7 Å². The Hall–Kier alpha value is -5.04. The van der Waals surface area contributed by atoms with Crippen molar-refractivity contribution in [1.82, 2.24) is 10.6 Å². The molecule has 0 bridgehead atoms. The molecular formula is C49H57Cl6N5O22S. The minimum absolute atomic E-state index is 0.247. The van der Waals surface area contributed by atoms with E-state index in [-0.39, 0.29) is 6.61 Å². The van der Waals surface area contributed by atoms with Gasteiger partial charge in [-0.25, -0.2) is 9.59 Å². The van der Waals surface area contributed by atoms with Crippen LogP contribution in [0, 0.1) is 0 Å². The van der Waals surface area contributed by atoms with Crippen LogP contribution in [0.2, 0.25) is 0 Å². The molecule has 15 atom stereocenters. The molecule has 5 rings (SSSR count). The second kappa shape index (κ2) is 32.5. The molecular weight excluding hydrogens is 1260 g/mol. The molecule has 34 heteroatoms. The molecule has 83 heavy (non-hydrogen) atoms. The number of esters is 6. The van der Waals surface area contributed by atoms with Crippen LogP contribution in [-0.2, 0) is 102 Å². The van der Waals surface area contributed by atoms with Gasteiger partial charge in [-0.3, -0.25) is 28.8 Å². The largest absolute Gasteiger partial charge is 0.463 e. The van der Waals surface area contributed by atoms with Gasteiger partial charge < -0.3 is 76.9 Å². The van der Waals surface area contributed by atoms with Crippen LogP contribution in [0.5, 0.6) is 0 Å². The van der Waals surface area contributed by atoms with Gasteiger partial charge in [-0.15, -0.1) is 0 Å². The molecule has 3 aliphatic rings.